The largest absolute Gasteiger partial charge is 0.484 e. The maximum absolute atomic E-state index is 12.3. The number of hydrogen-bond acceptors (Lipinski definition) is 4. The lowest BCUT2D eigenvalue weighted by Crippen LogP contribution is -2.32. The molecule has 3 rings (SSSR count). The van der Waals surface area contributed by atoms with Crippen molar-refractivity contribution in [2.24, 2.45) is 0 Å². The number of halogens is 3. The molecule has 0 radical (unpaired) electrons. The van der Waals surface area contributed by atoms with E-state index >= 15 is 0 Å². The highest BCUT2D eigenvalue weighted by atomic mass is 19.4. The van der Waals surface area contributed by atoms with Gasteiger partial charge in [0.15, 0.2) is 6.61 Å². The minimum atomic E-state index is -4.33. The van der Waals surface area contributed by atoms with Gasteiger partial charge in [0.05, 0.1) is 6.54 Å². The third-order valence-corrected chi connectivity index (χ3v) is 4.05. The van der Waals surface area contributed by atoms with Crippen LogP contribution >= 0.6 is 0 Å². The predicted octanol–water partition coefficient (Wildman–Crippen LogP) is 2.88. The van der Waals surface area contributed by atoms with E-state index in [-0.39, 0.29) is 5.75 Å². The fraction of sp³-hybridized carbons (Fsp3) is 0.500. The Bertz CT molecular complexity index is 645. The lowest BCUT2D eigenvalue weighted by atomic mass is 10.1. The Morgan fingerprint density at radius 2 is 2.17 bits per heavy atom. The molecule has 8 heteroatoms. The molecule has 1 aromatic carbocycles. The average Bonchev–Trinajstić information content (AvgIpc) is 3.18. The summed E-state index contributed by atoms with van der Waals surface area (Å²) < 4.78 is 43.4. The minimum Gasteiger partial charge on any atom is -0.484 e. The zero-order valence-electron chi connectivity index (χ0n) is 13.1. The van der Waals surface area contributed by atoms with Gasteiger partial charge in [-0.1, -0.05) is 12.1 Å². The van der Waals surface area contributed by atoms with Crippen LogP contribution in [0.5, 0.6) is 5.75 Å². The molecule has 0 amide bonds. The summed E-state index contributed by atoms with van der Waals surface area (Å²) in [6.45, 7) is 1.15. The van der Waals surface area contributed by atoms with Gasteiger partial charge in [0.1, 0.15) is 18.4 Å². The molecular formula is C16H19F3N4O. The van der Waals surface area contributed by atoms with Crippen LogP contribution in [0.15, 0.2) is 36.9 Å². The average molecular weight is 340 g/mol. The number of benzene rings is 1. The third kappa shape index (κ3) is 4.70. The van der Waals surface area contributed by atoms with Crippen molar-refractivity contribution in [2.45, 2.75) is 38.1 Å². The van der Waals surface area contributed by atoms with Crippen LogP contribution in [-0.4, -0.2) is 45.0 Å². The second-order valence-corrected chi connectivity index (χ2v) is 5.94. The summed E-state index contributed by atoms with van der Waals surface area (Å²) in [6, 6.07) is 7.21. The molecule has 1 saturated heterocycles. The molecule has 1 fully saturated rings. The summed E-state index contributed by atoms with van der Waals surface area (Å²) in [5, 5.41) is 4.14. The maximum atomic E-state index is 12.3. The van der Waals surface area contributed by atoms with Crippen LogP contribution in [0.1, 0.15) is 18.4 Å². The van der Waals surface area contributed by atoms with E-state index in [9.17, 15) is 13.2 Å². The fourth-order valence-electron chi connectivity index (χ4n) is 2.99. The summed E-state index contributed by atoms with van der Waals surface area (Å²) in [6.07, 6.45) is 1.06. The van der Waals surface area contributed by atoms with Crippen molar-refractivity contribution in [2.75, 3.05) is 13.2 Å². The molecule has 0 unspecified atom stereocenters. The molecule has 1 aliphatic heterocycles. The van der Waals surface area contributed by atoms with Gasteiger partial charge in [0.2, 0.25) is 0 Å². The second-order valence-electron chi connectivity index (χ2n) is 5.94. The van der Waals surface area contributed by atoms with Crippen LogP contribution in [0.25, 0.3) is 0 Å². The molecule has 0 saturated carbocycles. The molecule has 1 aromatic heterocycles. The van der Waals surface area contributed by atoms with Crippen LogP contribution < -0.4 is 4.74 Å². The van der Waals surface area contributed by atoms with E-state index in [1.54, 1.807) is 24.5 Å². The fourth-order valence-corrected chi connectivity index (χ4v) is 2.99. The molecule has 1 atom stereocenters. The molecule has 0 N–H and O–H groups in total. The molecule has 2 aromatic rings. The molecule has 0 aliphatic carbocycles. The minimum absolute atomic E-state index is 0.247. The molecule has 0 bridgehead atoms. The van der Waals surface area contributed by atoms with Gasteiger partial charge >= 0.3 is 6.18 Å². The van der Waals surface area contributed by atoms with E-state index in [4.69, 9.17) is 4.74 Å². The van der Waals surface area contributed by atoms with Gasteiger partial charge in [-0.05, 0) is 37.1 Å². The Balaban J connectivity index is 1.60. The van der Waals surface area contributed by atoms with E-state index in [1.165, 1.54) is 6.33 Å². The van der Waals surface area contributed by atoms with E-state index in [0.717, 1.165) is 31.5 Å². The number of likely N-dealkylation sites (tertiary alicyclic amines) is 1. The quantitative estimate of drug-likeness (QED) is 0.811. The normalized spacial score (nSPS) is 18.9. The smallest absolute Gasteiger partial charge is 0.422 e. The Labute approximate surface area is 138 Å². The topological polar surface area (TPSA) is 43.2 Å². The van der Waals surface area contributed by atoms with Gasteiger partial charge < -0.3 is 4.74 Å². The summed E-state index contributed by atoms with van der Waals surface area (Å²) in [5.41, 5.74) is 0.945. The molecule has 24 heavy (non-hydrogen) atoms. The maximum Gasteiger partial charge on any atom is 0.422 e. The van der Waals surface area contributed by atoms with Gasteiger partial charge in [-0.3, -0.25) is 9.58 Å². The summed E-state index contributed by atoms with van der Waals surface area (Å²) in [5.74, 6) is 0.247. The zero-order chi connectivity index (χ0) is 17.0. The van der Waals surface area contributed by atoms with Gasteiger partial charge in [0.25, 0.3) is 0 Å². The number of alkyl halides is 3. The lowest BCUT2D eigenvalue weighted by Gasteiger charge is -2.24. The second kappa shape index (κ2) is 7.21. The standard InChI is InChI=1S/C16H19F3N4O/c17-16(18,19)10-24-15-5-1-3-13(7-15)8-22-6-2-4-14(22)9-23-12-20-11-21-23/h1,3,5,7,11-12,14H,2,4,6,8-10H2/t14-/m1/s1. The van der Waals surface area contributed by atoms with Crippen LogP contribution in [0.3, 0.4) is 0 Å². The van der Waals surface area contributed by atoms with E-state index in [1.807, 2.05) is 10.7 Å². The van der Waals surface area contributed by atoms with E-state index in [2.05, 4.69) is 15.0 Å². The van der Waals surface area contributed by atoms with Crippen molar-refractivity contribution in [1.29, 1.82) is 0 Å². The monoisotopic (exact) mass is 340 g/mol. The first-order valence-electron chi connectivity index (χ1n) is 7.84. The van der Waals surface area contributed by atoms with Crippen molar-refractivity contribution < 1.29 is 17.9 Å². The Morgan fingerprint density at radius 1 is 1.29 bits per heavy atom. The van der Waals surface area contributed by atoms with Gasteiger partial charge in [-0.2, -0.15) is 18.3 Å². The molecule has 2 heterocycles. The van der Waals surface area contributed by atoms with Gasteiger partial charge in [-0.15, -0.1) is 0 Å². The zero-order valence-corrected chi connectivity index (χ0v) is 13.1. The van der Waals surface area contributed by atoms with Crippen LogP contribution in [-0.2, 0) is 13.1 Å². The van der Waals surface area contributed by atoms with Crippen molar-refractivity contribution in [3.63, 3.8) is 0 Å². The molecular weight excluding hydrogens is 321 g/mol. The highest BCUT2D eigenvalue weighted by molar-refractivity contribution is 5.28. The number of ether oxygens (including phenoxy) is 1. The summed E-state index contributed by atoms with van der Waals surface area (Å²) >= 11 is 0. The van der Waals surface area contributed by atoms with Crippen molar-refractivity contribution in [3.8, 4) is 5.75 Å². The predicted molar refractivity (Wildman–Crippen MR) is 81.4 cm³/mol. The van der Waals surface area contributed by atoms with Gasteiger partial charge in [-0.25, -0.2) is 4.98 Å². The van der Waals surface area contributed by atoms with E-state index in [0.29, 0.717) is 12.6 Å². The SMILES string of the molecule is FC(F)(F)COc1cccc(CN2CCC[C@@H]2Cn2cncn2)c1. The van der Waals surface area contributed by atoms with Crippen LogP contribution in [0.4, 0.5) is 13.2 Å². The highest BCUT2D eigenvalue weighted by Crippen LogP contribution is 2.24. The molecule has 0 spiro atoms. The van der Waals surface area contributed by atoms with Crippen molar-refractivity contribution in [3.05, 3.63) is 42.5 Å². The van der Waals surface area contributed by atoms with Crippen LogP contribution in [0, 0.1) is 0 Å². The van der Waals surface area contributed by atoms with Crippen molar-refractivity contribution >= 4 is 0 Å². The lowest BCUT2D eigenvalue weighted by molar-refractivity contribution is -0.153. The number of aromatic nitrogens is 3. The first-order chi connectivity index (χ1) is 11.5. The van der Waals surface area contributed by atoms with E-state index < -0.39 is 12.8 Å². The third-order valence-electron chi connectivity index (χ3n) is 4.05. The van der Waals surface area contributed by atoms with Crippen LogP contribution in [0.2, 0.25) is 0 Å². The molecule has 5 nitrogen and oxygen atoms in total. The number of hydrogen-bond donors (Lipinski definition) is 0. The van der Waals surface area contributed by atoms with Gasteiger partial charge in [0, 0.05) is 12.6 Å². The molecule has 1 aliphatic rings. The highest BCUT2D eigenvalue weighted by Gasteiger charge is 2.28. The van der Waals surface area contributed by atoms with Crippen molar-refractivity contribution in [1.82, 2.24) is 19.7 Å². The molecule has 130 valence electrons. The number of nitrogens with zero attached hydrogens (tertiary/aromatic N) is 4. The Hall–Kier alpha value is -2.09. The first kappa shape index (κ1) is 16.8. The summed E-state index contributed by atoms with van der Waals surface area (Å²) in [4.78, 5) is 6.27. The summed E-state index contributed by atoms with van der Waals surface area (Å²) in [7, 11) is 0. The first-order valence-corrected chi connectivity index (χ1v) is 7.84. The Kier molecular flexibility index (Phi) is 5.03. The Morgan fingerprint density at radius 3 is 2.92 bits per heavy atom. The number of rotatable bonds is 6.